The van der Waals surface area contributed by atoms with Crippen LogP contribution in [0.3, 0.4) is 0 Å². The van der Waals surface area contributed by atoms with Crippen molar-refractivity contribution in [2.75, 3.05) is 33.0 Å². The number of sulfone groups is 1. The van der Waals surface area contributed by atoms with Gasteiger partial charge in [0.2, 0.25) is 5.91 Å². The number of nitrogens with one attached hydrogen (secondary N) is 1. The van der Waals surface area contributed by atoms with Crippen LogP contribution in [0.1, 0.15) is 51.5 Å². The van der Waals surface area contributed by atoms with E-state index in [1.165, 1.54) is 6.07 Å². The smallest absolute Gasteiger partial charge is 0.326 e. The molecule has 0 saturated carbocycles. The zero-order valence-corrected chi connectivity index (χ0v) is 20.9. The van der Waals surface area contributed by atoms with Crippen molar-refractivity contribution in [2.45, 2.75) is 74.1 Å². The van der Waals surface area contributed by atoms with Crippen LogP contribution in [0.4, 0.5) is 0 Å². The number of imidazole rings is 1. The van der Waals surface area contributed by atoms with Gasteiger partial charge in [-0.05, 0) is 63.6 Å². The number of amides is 1. The van der Waals surface area contributed by atoms with Crippen LogP contribution in [0.2, 0.25) is 0 Å². The molecule has 0 spiro atoms. The van der Waals surface area contributed by atoms with Crippen molar-refractivity contribution in [2.24, 2.45) is 0 Å². The Bertz CT molecular complexity index is 1240. The molecule has 0 aliphatic carbocycles. The Morgan fingerprint density at radius 3 is 2.38 bits per heavy atom. The lowest BCUT2D eigenvalue weighted by Crippen LogP contribution is -2.52. The second-order valence-electron chi connectivity index (χ2n) is 10.5. The van der Waals surface area contributed by atoms with Gasteiger partial charge in [-0.1, -0.05) is 0 Å². The fourth-order valence-electron chi connectivity index (χ4n) is 6.11. The Balaban J connectivity index is 1.30. The first-order valence-corrected chi connectivity index (χ1v) is 14.0. The van der Waals surface area contributed by atoms with E-state index in [1.54, 1.807) is 23.8 Å². The number of carbonyl (C=O) groups is 1. The normalized spacial score (nSPS) is 27.4. The predicted molar refractivity (Wildman–Crippen MR) is 129 cm³/mol. The summed E-state index contributed by atoms with van der Waals surface area (Å²) in [6.07, 6.45) is 6.57. The van der Waals surface area contributed by atoms with Crippen molar-refractivity contribution >= 4 is 26.8 Å². The lowest BCUT2D eigenvalue weighted by atomic mass is 9.93. The van der Waals surface area contributed by atoms with Gasteiger partial charge in [0.1, 0.15) is 0 Å². The van der Waals surface area contributed by atoms with Gasteiger partial charge in [-0.15, -0.1) is 0 Å². The van der Waals surface area contributed by atoms with Crippen LogP contribution >= 0.6 is 0 Å². The van der Waals surface area contributed by atoms with Gasteiger partial charge in [0.05, 0.1) is 28.1 Å². The Labute approximate surface area is 200 Å². The molecule has 2 aromatic rings. The molecule has 3 aliphatic heterocycles. The Morgan fingerprint density at radius 1 is 1.15 bits per heavy atom. The molecule has 2 unspecified atom stereocenters. The van der Waals surface area contributed by atoms with Crippen LogP contribution < -0.4 is 5.69 Å². The van der Waals surface area contributed by atoms with E-state index in [2.05, 4.69) is 16.8 Å². The monoisotopic (exact) mass is 490 g/mol. The van der Waals surface area contributed by atoms with E-state index < -0.39 is 9.84 Å². The number of hydrogen-bond acceptors (Lipinski definition) is 6. The minimum atomic E-state index is -3.35. The standard InChI is InChI=1S/C24H34N4O5S/c1-24(33-2)8-10-26(11-9-24)22(29)15-27-16-4-5-17(27)13-18(12-16)28-21-7-6-19(34(3,31)32)14-20(21)25-23(28)30/h6-7,14,16-18H,4-5,8-13,15H2,1-3H3,(H,25,30). The van der Waals surface area contributed by atoms with Crippen LogP contribution in [-0.2, 0) is 19.4 Å². The van der Waals surface area contributed by atoms with Gasteiger partial charge in [0.25, 0.3) is 0 Å². The van der Waals surface area contributed by atoms with E-state index in [4.69, 9.17) is 4.74 Å². The molecule has 3 fully saturated rings. The van der Waals surface area contributed by atoms with Crippen molar-refractivity contribution in [3.8, 4) is 0 Å². The summed E-state index contributed by atoms with van der Waals surface area (Å²) in [5.74, 6) is 0.186. The maximum atomic E-state index is 13.1. The molecule has 10 heteroatoms. The van der Waals surface area contributed by atoms with E-state index >= 15 is 0 Å². The summed E-state index contributed by atoms with van der Waals surface area (Å²) in [6.45, 7) is 4.01. The number of aromatic nitrogens is 2. The molecule has 2 bridgehead atoms. The molecule has 9 nitrogen and oxygen atoms in total. The molecule has 4 heterocycles. The summed E-state index contributed by atoms with van der Waals surface area (Å²) in [6, 6.07) is 5.41. The zero-order valence-electron chi connectivity index (χ0n) is 20.1. The third kappa shape index (κ3) is 4.20. The highest BCUT2D eigenvalue weighted by Gasteiger charge is 2.43. The highest BCUT2D eigenvalue weighted by molar-refractivity contribution is 7.90. The van der Waals surface area contributed by atoms with Gasteiger partial charge >= 0.3 is 5.69 Å². The van der Waals surface area contributed by atoms with Crippen LogP contribution in [0.15, 0.2) is 27.9 Å². The number of methoxy groups -OCH3 is 1. The van der Waals surface area contributed by atoms with Gasteiger partial charge in [0.15, 0.2) is 9.84 Å². The third-order valence-corrected chi connectivity index (χ3v) is 9.44. The molecular weight excluding hydrogens is 456 g/mol. The summed E-state index contributed by atoms with van der Waals surface area (Å²) in [5, 5.41) is 0. The van der Waals surface area contributed by atoms with Crippen molar-refractivity contribution < 1.29 is 17.9 Å². The molecule has 1 N–H and O–H groups in total. The second kappa shape index (κ2) is 8.49. The Morgan fingerprint density at radius 2 is 1.79 bits per heavy atom. The molecule has 3 saturated heterocycles. The third-order valence-electron chi connectivity index (χ3n) is 8.33. The minimum absolute atomic E-state index is 0.0339. The lowest BCUT2D eigenvalue weighted by Gasteiger charge is -2.42. The van der Waals surface area contributed by atoms with E-state index in [1.807, 2.05) is 4.90 Å². The van der Waals surface area contributed by atoms with Crippen molar-refractivity contribution in [1.82, 2.24) is 19.4 Å². The molecular formula is C24H34N4O5S. The number of piperidine rings is 2. The number of likely N-dealkylation sites (tertiary alicyclic amines) is 1. The minimum Gasteiger partial charge on any atom is -0.378 e. The average molecular weight is 491 g/mol. The topological polar surface area (TPSA) is 105 Å². The van der Waals surface area contributed by atoms with Crippen LogP contribution in [-0.4, -0.2) is 84.4 Å². The molecule has 1 aromatic carbocycles. The second-order valence-corrected chi connectivity index (χ2v) is 12.5. The quantitative estimate of drug-likeness (QED) is 0.687. The molecule has 34 heavy (non-hydrogen) atoms. The number of nitrogens with zero attached hydrogens (tertiary/aromatic N) is 3. The first-order chi connectivity index (χ1) is 16.1. The molecule has 3 aliphatic rings. The summed E-state index contributed by atoms with van der Waals surface area (Å²) < 4.78 is 31.2. The lowest BCUT2D eigenvalue weighted by molar-refractivity contribution is -0.138. The SMILES string of the molecule is COC1(C)CCN(C(=O)CN2C3CCC2CC(n2c(=O)[nH]c4cc(S(C)(=O)=O)ccc42)C3)CC1. The van der Waals surface area contributed by atoms with Gasteiger partial charge in [-0.25, -0.2) is 13.2 Å². The van der Waals surface area contributed by atoms with Crippen LogP contribution in [0.25, 0.3) is 11.0 Å². The van der Waals surface area contributed by atoms with Gasteiger partial charge < -0.3 is 14.6 Å². The molecule has 186 valence electrons. The van der Waals surface area contributed by atoms with E-state index in [0.29, 0.717) is 12.1 Å². The number of benzene rings is 1. The predicted octanol–water partition coefficient (Wildman–Crippen LogP) is 1.93. The fourth-order valence-corrected chi connectivity index (χ4v) is 6.75. The van der Waals surface area contributed by atoms with Crippen molar-refractivity contribution in [1.29, 1.82) is 0 Å². The molecule has 2 atom stereocenters. The van der Waals surface area contributed by atoms with Gasteiger partial charge in [0, 0.05) is 44.6 Å². The average Bonchev–Trinajstić information content (AvgIpc) is 3.23. The molecule has 1 amide bonds. The summed E-state index contributed by atoms with van der Waals surface area (Å²) in [7, 11) is -1.61. The van der Waals surface area contributed by atoms with Crippen LogP contribution in [0, 0.1) is 0 Å². The number of aromatic amines is 1. The maximum Gasteiger partial charge on any atom is 0.326 e. The molecule has 5 rings (SSSR count). The zero-order chi connectivity index (χ0) is 24.3. The largest absolute Gasteiger partial charge is 0.378 e. The fraction of sp³-hybridized carbons (Fsp3) is 0.667. The van der Waals surface area contributed by atoms with Gasteiger partial charge in [-0.3, -0.25) is 14.3 Å². The number of hydrogen-bond donors (Lipinski definition) is 1. The van der Waals surface area contributed by atoms with E-state index in [-0.39, 0.29) is 40.2 Å². The van der Waals surface area contributed by atoms with Crippen molar-refractivity contribution in [3.05, 3.63) is 28.7 Å². The summed E-state index contributed by atoms with van der Waals surface area (Å²) >= 11 is 0. The first-order valence-electron chi connectivity index (χ1n) is 12.1. The number of rotatable bonds is 5. The first kappa shape index (κ1) is 23.6. The van der Waals surface area contributed by atoms with E-state index in [9.17, 15) is 18.0 Å². The highest BCUT2D eigenvalue weighted by atomic mass is 32.2. The number of fused-ring (bicyclic) bond motifs is 3. The molecule has 0 radical (unpaired) electrons. The van der Waals surface area contributed by atoms with Gasteiger partial charge in [-0.2, -0.15) is 0 Å². The Kier molecular flexibility index (Phi) is 5.89. The van der Waals surface area contributed by atoms with Crippen LogP contribution in [0.5, 0.6) is 0 Å². The number of carbonyl (C=O) groups excluding carboxylic acids is 1. The number of ether oxygens (including phenoxy) is 1. The molecule has 1 aromatic heterocycles. The number of H-pyrrole nitrogens is 1. The highest BCUT2D eigenvalue weighted by Crippen LogP contribution is 2.41. The maximum absolute atomic E-state index is 13.1. The van der Waals surface area contributed by atoms with Crippen molar-refractivity contribution in [3.63, 3.8) is 0 Å². The summed E-state index contributed by atoms with van der Waals surface area (Å²) in [5.41, 5.74) is 0.944. The Hall–Kier alpha value is -2.17. The summed E-state index contributed by atoms with van der Waals surface area (Å²) in [4.78, 5) is 33.3. The van der Waals surface area contributed by atoms with E-state index in [0.717, 1.165) is 63.4 Å².